The van der Waals surface area contributed by atoms with Crippen LogP contribution in [0.25, 0.3) is 0 Å². The Balaban J connectivity index is 1.72. The molecule has 2 heteroatoms. The Kier molecular flexibility index (Phi) is 6.16. The second-order valence-electron chi connectivity index (χ2n) is 12.4. The Bertz CT molecular complexity index is 669. The van der Waals surface area contributed by atoms with Gasteiger partial charge >= 0.3 is 5.97 Å². The minimum atomic E-state index is -0.0132. The van der Waals surface area contributed by atoms with Crippen molar-refractivity contribution >= 4 is 5.97 Å². The Morgan fingerprint density at radius 1 is 1.24 bits per heavy atom. The lowest BCUT2D eigenvalue weighted by atomic mass is 9.46. The van der Waals surface area contributed by atoms with E-state index in [1.165, 1.54) is 38.5 Å². The van der Waals surface area contributed by atoms with E-state index in [0.29, 0.717) is 24.9 Å². The maximum Gasteiger partial charge on any atom is 0.305 e. The van der Waals surface area contributed by atoms with Gasteiger partial charge in [0.2, 0.25) is 0 Å². The molecular formula is C27H44O2. The number of hydrogen-bond acceptors (Lipinski definition) is 2. The summed E-state index contributed by atoms with van der Waals surface area (Å²) in [7, 11) is 0. The van der Waals surface area contributed by atoms with Crippen molar-refractivity contribution in [2.75, 3.05) is 6.61 Å². The van der Waals surface area contributed by atoms with Crippen molar-refractivity contribution in [3.63, 3.8) is 0 Å². The first-order valence-electron chi connectivity index (χ1n) is 11.9. The van der Waals surface area contributed by atoms with Crippen LogP contribution in [0.5, 0.6) is 0 Å². The molecule has 29 heavy (non-hydrogen) atoms. The van der Waals surface area contributed by atoms with Crippen molar-refractivity contribution in [3.05, 3.63) is 24.3 Å². The molecule has 2 fully saturated rings. The molecule has 3 aliphatic carbocycles. The third-order valence-corrected chi connectivity index (χ3v) is 8.59. The van der Waals surface area contributed by atoms with Crippen LogP contribution >= 0.6 is 0 Å². The number of carbonyl (C=O) groups is 1. The van der Waals surface area contributed by atoms with Crippen LogP contribution in [0, 0.1) is 33.5 Å². The van der Waals surface area contributed by atoms with Crippen molar-refractivity contribution in [1.82, 2.24) is 0 Å². The van der Waals surface area contributed by atoms with Crippen molar-refractivity contribution < 1.29 is 9.53 Å². The van der Waals surface area contributed by atoms with Gasteiger partial charge in [-0.2, -0.15) is 0 Å². The minimum Gasteiger partial charge on any atom is -0.465 e. The molecule has 2 unspecified atom stereocenters. The lowest BCUT2D eigenvalue weighted by molar-refractivity contribution is -0.153. The molecule has 0 saturated heterocycles. The molecule has 5 atom stereocenters. The summed E-state index contributed by atoms with van der Waals surface area (Å²) in [5, 5.41) is 0. The molecule has 2 nitrogen and oxygen atoms in total. The van der Waals surface area contributed by atoms with Gasteiger partial charge in [-0.25, -0.2) is 0 Å². The van der Waals surface area contributed by atoms with Gasteiger partial charge in [0.05, 0.1) is 6.61 Å². The molecule has 0 heterocycles. The SMILES string of the molecule is C=C[C@@]1(C)CC=C2C(CCC3[C@](C)(COC(=O)CCC(C)(C)C)CCC[C@@]23C)C1. The zero-order valence-corrected chi connectivity index (χ0v) is 19.9. The molecule has 0 aromatic rings. The largest absolute Gasteiger partial charge is 0.465 e. The van der Waals surface area contributed by atoms with Crippen LogP contribution in [0.15, 0.2) is 24.3 Å². The highest BCUT2D eigenvalue weighted by Gasteiger charge is 2.55. The lowest BCUT2D eigenvalue weighted by Crippen LogP contribution is -2.51. The second-order valence-corrected chi connectivity index (χ2v) is 12.4. The number of carbonyl (C=O) groups excluding carboxylic acids is 1. The van der Waals surface area contributed by atoms with E-state index >= 15 is 0 Å². The number of fused-ring (bicyclic) bond motifs is 3. The van der Waals surface area contributed by atoms with Crippen molar-refractivity contribution in [1.29, 1.82) is 0 Å². The summed E-state index contributed by atoms with van der Waals surface area (Å²) < 4.78 is 5.89. The summed E-state index contributed by atoms with van der Waals surface area (Å²) in [6, 6.07) is 0. The molecule has 164 valence electrons. The molecule has 0 N–H and O–H groups in total. The van der Waals surface area contributed by atoms with Crippen LogP contribution in [0.3, 0.4) is 0 Å². The van der Waals surface area contributed by atoms with Crippen LogP contribution in [0.1, 0.15) is 99.3 Å². The summed E-state index contributed by atoms with van der Waals surface area (Å²) in [5.41, 5.74) is 2.54. The summed E-state index contributed by atoms with van der Waals surface area (Å²) in [5.74, 6) is 1.32. The Morgan fingerprint density at radius 3 is 2.62 bits per heavy atom. The molecule has 0 aromatic carbocycles. The van der Waals surface area contributed by atoms with Crippen molar-refractivity contribution in [2.24, 2.45) is 33.5 Å². The maximum absolute atomic E-state index is 12.4. The topological polar surface area (TPSA) is 26.3 Å². The summed E-state index contributed by atoms with van der Waals surface area (Å²) in [6.45, 7) is 18.5. The molecule has 0 aliphatic heterocycles. The van der Waals surface area contributed by atoms with Crippen LogP contribution in [0.4, 0.5) is 0 Å². The maximum atomic E-state index is 12.4. The fourth-order valence-corrected chi connectivity index (χ4v) is 6.71. The van der Waals surface area contributed by atoms with Crippen LogP contribution in [-0.2, 0) is 9.53 Å². The zero-order valence-electron chi connectivity index (χ0n) is 19.9. The molecule has 0 bridgehead atoms. The molecule has 0 amide bonds. The number of hydrogen-bond donors (Lipinski definition) is 0. The van der Waals surface area contributed by atoms with E-state index < -0.39 is 0 Å². The van der Waals surface area contributed by atoms with Gasteiger partial charge in [0, 0.05) is 11.8 Å². The monoisotopic (exact) mass is 400 g/mol. The molecule has 2 saturated carbocycles. The predicted octanol–water partition coefficient (Wildman–Crippen LogP) is 7.49. The molecular weight excluding hydrogens is 356 g/mol. The van der Waals surface area contributed by atoms with Gasteiger partial charge in [-0.1, -0.05) is 65.7 Å². The van der Waals surface area contributed by atoms with E-state index in [0.717, 1.165) is 12.8 Å². The number of esters is 1. The average Bonchev–Trinajstić information content (AvgIpc) is 2.64. The zero-order chi connectivity index (χ0) is 21.5. The number of allylic oxidation sites excluding steroid dienone is 3. The second kappa shape index (κ2) is 7.89. The molecule has 0 radical (unpaired) electrons. The predicted molar refractivity (Wildman–Crippen MR) is 122 cm³/mol. The average molecular weight is 401 g/mol. The van der Waals surface area contributed by atoms with Gasteiger partial charge in [0.25, 0.3) is 0 Å². The lowest BCUT2D eigenvalue weighted by Gasteiger charge is -2.59. The number of ether oxygens (including phenoxy) is 1. The highest BCUT2D eigenvalue weighted by Crippen LogP contribution is 2.63. The Morgan fingerprint density at radius 2 is 1.97 bits per heavy atom. The summed E-state index contributed by atoms with van der Waals surface area (Å²) in [6.07, 6.45) is 14.8. The van der Waals surface area contributed by atoms with Gasteiger partial charge in [0.1, 0.15) is 0 Å². The highest BCUT2D eigenvalue weighted by molar-refractivity contribution is 5.69. The quantitative estimate of drug-likeness (QED) is 0.353. The normalized spacial score (nSPS) is 39.7. The first-order valence-corrected chi connectivity index (χ1v) is 11.9. The summed E-state index contributed by atoms with van der Waals surface area (Å²) in [4.78, 5) is 12.4. The fraction of sp³-hybridized carbons (Fsp3) is 0.815. The van der Waals surface area contributed by atoms with Gasteiger partial charge < -0.3 is 4.74 Å². The van der Waals surface area contributed by atoms with E-state index in [2.05, 4.69) is 60.3 Å². The van der Waals surface area contributed by atoms with Crippen LogP contribution < -0.4 is 0 Å². The molecule has 3 rings (SSSR count). The molecule has 3 aliphatic rings. The fourth-order valence-electron chi connectivity index (χ4n) is 6.71. The summed E-state index contributed by atoms with van der Waals surface area (Å²) >= 11 is 0. The third-order valence-electron chi connectivity index (χ3n) is 8.59. The van der Waals surface area contributed by atoms with E-state index in [1.54, 1.807) is 5.57 Å². The third kappa shape index (κ3) is 4.67. The molecule has 0 spiro atoms. The van der Waals surface area contributed by atoms with Gasteiger partial charge in [0.15, 0.2) is 0 Å². The van der Waals surface area contributed by atoms with E-state index in [1.807, 2.05) is 0 Å². The Hall–Kier alpha value is -1.05. The first kappa shape index (κ1) is 22.6. The highest BCUT2D eigenvalue weighted by atomic mass is 16.5. The standard InChI is InChI=1S/C27H44O2/c1-8-25(5)17-12-21-20(18-25)10-11-22-26(6,14-9-15-27(21,22)7)19-29-23(28)13-16-24(2,3)4/h8,12,20,22H,1,9-11,13-19H2,2-7H3/t20?,22?,25-,26-,27-/m0/s1. The van der Waals surface area contributed by atoms with E-state index in [9.17, 15) is 4.79 Å². The van der Waals surface area contributed by atoms with Crippen LogP contribution in [-0.4, -0.2) is 12.6 Å². The molecule has 0 aromatic heterocycles. The van der Waals surface area contributed by atoms with Gasteiger partial charge in [-0.15, -0.1) is 6.58 Å². The smallest absolute Gasteiger partial charge is 0.305 e. The first-order chi connectivity index (χ1) is 13.4. The minimum absolute atomic E-state index is 0.0132. The Labute approximate surface area is 179 Å². The van der Waals surface area contributed by atoms with Crippen LogP contribution in [0.2, 0.25) is 0 Å². The van der Waals surface area contributed by atoms with Crippen molar-refractivity contribution in [3.8, 4) is 0 Å². The van der Waals surface area contributed by atoms with E-state index in [4.69, 9.17) is 4.74 Å². The van der Waals surface area contributed by atoms with Gasteiger partial charge in [-0.05, 0) is 73.0 Å². The van der Waals surface area contributed by atoms with E-state index in [-0.39, 0.29) is 27.6 Å². The number of rotatable bonds is 5. The van der Waals surface area contributed by atoms with Crippen molar-refractivity contribution in [2.45, 2.75) is 99.3 Å². The van der Waals surface area contributed by atoms with Gasteiger partial charge in [-0.3, -0.25) is 4.79 Å².